The molecule has 0 radical (unpaired) electrons. The van der Waals surface area contributed by atoms with Gasteiger partial charge in [0.15, 0.2) is 0 Å². The fourth-order valence-electron chi connectivity index (χ4n) is 3.54. The molecule has 3 aromatic heterocycles. The van der Waals surface area contributed by atoms with Crippen molar-refractivity contribution in [1.82, 2.24) is 35.2 Å². The van der Waals surface area contributed by atoms with Crippen LogP contribution in [0.2, 0.25) is 0 Å². The first-order valence-electron chi connectivity index (χ1n) is 10.5. The number of carbonyl (C=O) groups is 2. The van der Waals surface area contributed by atoms with Crippen molar-refractivity contribution < 1.29 is 9.59 Å². The predicted molar refractivity (Wildman–Crippen MR) is 123 cm³/mol. The molecule has 1 atom stereocenters. The summed E-state index contributed by atoms with van der Waals surface area (Å²) >= 11 is 1.24. The lowest BCUT2D eigenvalue weighted by atomic mass is 10.1. The summed E-state index contributed by atoms with van der Waals surface area (Å²) in [6, 6.07) is 5.75. The van der Waals surface area contributed by atoms with Gasteiger partial charge in [-0.05, 0) is 36.5 Å². The molecule has 1 unspecified atom stereocenters. The van der Waals surface area contributed by atoms with Gasteiger partial charge in [-0.2, -0.15) is 5.10 Å². The Labute approximate surface area is 189 Å². The van der Waals surface area contributed by atoms with Crippen molar-refractivity contribution in [2.45, 2.75) is 38.1 Å². The zero-order chi connectivity index (χ0) is 22.3. The van der Waals surface area contributed by atoms with E-state index < -0.39 is 0 Å². The molecule has 0 saturated carbocycles. The number of benzene rings is 1. The van der Waals surface area contributed by atoms with Gasteiger partial charge in [-0.15, -0.1) is 0 Å². The van der Waals surface area contributed by atoms with Gasteiger partial charge in [-0.25, -0.2) is 9.36 Å². The Morgan fingerprint density at radius 2 is 2.06 bits per heavy atom. The summed E-state index contributed by atoms with van der Waals surface area (Å²) in [5.41, 5.74) is 3.38. The Kier molecular flexibility index (Phi) is 6.90. The minimum atomic E-state index is -0.270. The van der Waals surface area contributed by atoms with Gasteiger partial charge in [0.1, 0.15) is 5.82 Å². The number of amides is 2. The Hall–Kier alpha value is -3.53. The SMILES string of the molecule is CNC(=O)CCCCCC(NC(=O)c1cnsc1)c1ncc(-c2ccc3[nH]ncc3c2)[nH]1. The van der Waals surface area contributed by atoms with Crippen molar-refractivity contribution >= 4 is 34.2 Å². The summed E-state index contributed by atoms with van der Waals surface area (Å²) in [6.07, 6.45) is 8.92. The molecule has 4 aromatic rings. The minimum absolute atomic E-state index is 0.0464. The second kappa shape index (κ2) is 10.2. The van der Waals surface area contributed by atoms with Crippen LogP contribution in [0.1, 0.15) is 54.3 Å². The van der Waals surface area contributed by atoms with Gasteiger partial charge in [0.25, 0.3) is 5.91 Å². The quantitative estimate of drug-likeness (QED) is 0.274. The van der Waals surface area contributed by atoms with Crippen LogP contribution in [-0.2, 0) is 4.79 Å². The third kappa shape index (κ3) is 5.20. The van der Waals surface area contributed by atoms with Gasteiger partial charge in [-0.1, -0.05) is 18.9 Å². The van der Waals surface area contributed by atoms with Crippen LogP contribution in [0.15, 0.2) is 42.2 Å². The molecule has 9 nitrogen and oxygen atoms in total. The number of aromatic amines is 2. The van der Waals surface area contributed by atoms with E-state index in [9.17, 15) is 9.59 Å². The summed E-state index contributed by atoms with van der Waals surface area (Å²) < 4.78 is 4.01. The van der Waals surface area contributed by atoms with Crippen LogP contribution in [0.25, 0.3) is 22.2 Å². The number of aromatic nitrogens is 5. The maximum Gasteiger partial charge on any atom is 0.254 e. The molecule has 166 valence electrons. The number of hydrogen-bond acceptors (Lipinski definition) is 6. The standard InChI is InChI=1S/C22H25N7O2S/c1-23-20(30)6-4-2-3-5-18(28-22(31)16-11-26-32-13-16)21-24-12-19(27-21)14-7-8-17-15(9-14)10-25-29-17/h7-13,18H,2-6H2,1H3,(H,23,30)(H,24,27)(H,25,29)(H,28,31). The van der Waals surface area contributed by atoms with Crippen molar-refractivity contribution in [3.63, 3.8) is 0 Å². The van der Waals surface area contributed by atoms with Crippen LogP contribution in [0.3, 0.4) is 0 Å². The number of hydrogen-bond donors (Lipinski definition) is 4. The molecule has 1 aromatic carbocycles. The summed E-state index contributed by atoms with van der Waals surface area (Å²) in [4.78, 5) is 32.0. The first-order chi connectivity index (χ1) is 15.6. The molecule has 32 heavy (non-hydrogen) atoms. The average Bonchev–Trinajstić information content (AvgIpc) is 3.58. The third-order valence-corrected chi connectivity index (χ3v) is 5.94. The van der Waals surface area contributed by atoms with E-state index in [1.165, 1.54) is 11.5 Å². The minimum Gasteiger partial charge on any atom is -0.359 e. The summed E-state index contributed by atoms with van der Waals surface area (Å²) in [7, 11) is 1.64. The highest BCUT2D eigenvalue weighted by Gasteiger charge is 2.19. The maximum absolute atomic E-state index is 12.7. The van der Waals surface area contributed by atoms with Crippen molar-refractivity contribution in [2.75, 3.05) is 7.05 Å². The van der Waals surface area contributed by atoms with E-state index in [1.807, 2.05) is 18.2 Å². The highest BCUT2D eigenvalue weighted by atomic mass is 32.1. The number of rotatable bonds is 10. The monoisotopic (exact) mass is 451 g/mol. The van der Waals surface area contributed by atoms with E-state index in [1.54, 1.807) is 31.0 Å². The molecule has 0 spiro atoms. The van der Waals surface area contributed by atoms with Crippen molar-refractivity contribution in [3.8, 4) is 11.3 Å². The van der Waals surface area contributed by atoms with Crippen LogP contribution in [0, 0.1) is 0 Å². The lowest BCUT2D eigenvalue weighted by Crippen LogP contribution is -2.29. The maximum atomic E-state index is 12.7. The van der Waals surface area contributed by atoms with Crippen molar-refractivity contribution in [1.29, 1.82) is 0 Å². The Bertz CT molecular complexity index is 1180. The molecule has 0 aliphatic rings. The zero-order valence-corrected chi connectivity index (χ0v) is 18.5. The molecule has 2 amide bonds. The summed E-state index contributed by atoms with van der Waals surface area (Å²) in [5, 5.41) is 15.5. The number of nitrogens with zero attached hydrogens (tertiary/aromatic N) is 3. The van der Waals surface area contributed by atoms with Gasteiger partial charge in [0.05, 0.1) is 41.4 Å². The third-order valence-electron chi connectivity index (χ3n) is 5.35. The molecule has 0 bridgehead atoms. The number of fused-ring (bicyclic) bond motifs is 1. The smallest absolute Gasteiger partial charge is 0.254 e. The van der Waals surface area contributed by atoms with Gasteiger partial charge in [0, 0.05) is 29.8 Å². The molecule has 0 saturated heterocycles. The molecule has 0 aliphatic heterocycles. The van der Waals surface area contributed by atoms with Crippen molar-refractivity contribution in [3.05, 3.63) is 53.6 Å². The number of imidazole rings is 1. The van der Waals surface area contributed by atoms with E-state index in [0.717, 1.165) is 41.4 Å². The van der Waals surface area contributed by atoms with E-state index in [0.29, 0.717) is 24.2 Å². The molecular weight excluding hydrogens is 426 g/mol. The molecular formula is C22H25N7O2S. The second-order valence-electron chi connectivity index (χ2n) is 7.57. The Morgan fingerprint density at radius 3 is 2.88 bits per heavy atom. The first-order valence-corrected chi connectivity index (χ1v) is 11.4. The lowest BCUT2D eigenvalue weighted by Gasteiger charge is -2.16. The van der Waals surface area contributed by atoms with Crippen LogP contribution in [0.4, 0.5) is 0 Å². The average molecular weight is 452 g/mol. The molecule has 0 fully saturated rings. The largest absolute Gasteiger partial charge is 0.359 e. The van der Waals surface area contributed by atoms with Gasteiger partial charge >= 0.3 is 0 Å². The molecule has 10 heteroatoms. The van der Waals surface area contributed by atoms with Gasteiger partial charge in [-0.3, -0.25) is 14.7 Å². The number of nitrogens with one attached hydrogen (secondary N) is 4. The van der Waals surface area contributed by atoms with E-state index in [4.69, 9.17) is 0 Å². The lowest BCUT2D eigenvalue weighted by molar-refractivity contribution is -0.120. The van der Waals surface area contributed by atoms with E-state index >= 15 is 0 Å². The Morgan fingerprint density at radius 1 is 1.16 bits per heavy atom. The summed E-state index contributed by atoms with van der Waals surface area (Å²) in [5.74, 6) is 0.576. The molecule has 4 rings (SSSR count). The normalized spacial score (nSPS) is 12.0. The predicted octanol–water partition coefficient (Wildman–Crippen LogP) is 3.58. The van der Waals surface area contributed by atoms with Gasteiger partial charge < -0.3 is 15.6 Å². The topological polar surface area (TPSA) is 128 Å². The fourth-order valence-corrected chi connectivity index (χ4v) is 4.06. The molecule has 4 N–H and O–H groups in total. The van der Waals surface area contributed by atoms with Crippen LogP contribution in [0.5, 0.6) is 0 Å². The van der Waals surface area contributed by atoms with E-state index in [-0.39, 0.29) is 17.9 Å². The fraction of sp³-hybridized carbons (Fsp3) is 0.318. The zero-order valence-electron chi connectivity index (χ0n) is 17.7. The Balaban J connectivity index is 1.47. The van der Waals surface area contributed by atoms with Crippen molar-refractivity contribution in [2.24, 2.45) is 0 Å². The van der Waals surface area contributed by atoms with Gasteiger partial charge in [0.2, 0.25) is 5.91 Å². The molecule has 3 heterocycles. The highest BCUT2D eigenvalue weighted by Crippen LogP contribution is 2.25. The summed E-state index contributed by atoms with van der Waals surface area (Å²) in [6.45, 7) is 0. The van der Waals surface area contributed by atoms with Crippen LogP contribution in [-0.4, -0.2) is 43.4 Å². The van der Waals surface area contributed by atoms with Crippen LogP contribution >= 0.6 is 11.5 Å². The number of H-pyrrole nitrogens is 2. The van der Waals surface area contributed by atoms with E-state index in [2.05, 4.69) is 35.2 Å². The highest BCUT2D eigenvalue weighted by molar-refractivity contribution is 7.03. The number of unbranched alkanes of at least 4 members (excludes halogenated alkanes) is 2. The molecule has 0 aliphatic carbocycles. The number of carbonyl (C=O) groups excluding carboxylic acids is 2. The van der Waals surface area contributed by atoms with Crippen LogP contribution < -0.4 is 10.6 Å². The second-order valence-corrected chi connectivity index (χ2v) is 8.22. The first kappa shape index (κ1) is 21.7.